The number of pyridine rings is 1. The highest BCUT2D eigenvalue weighted by atomic mass is 127. The number of halogens is 1. The first-order valence-electron chi connectivity index (χ1n) is 8.30. The molecule has 2 aromatic rings. The van der Waals surface area contributed by atoms with Gasteiger partial charge in [-0.15, -0.1) is 0 Å². The molecule has 0 fully saturated rings. The Kier molecular flexibility index (Phi) is 6.43. The summed E-state index contributed by atoms with van der Waals surface area (Å²) in [6.45, 7) is 12.3. The third-order valence-corrected chi connectivity index (χ3v) is 4.28. The van der Waals surface area contributed by atoms with E-state index in [-0.39, 0.29) is 40.6 Å². The Hall–Kier alpha value is -1.43. The fourth-order valence-corrected chi connectivity index (χ4v) is 2.82. The van der Waals surface area contributed by atoms with Gasteiger partial charge in [-0.25, -0.2) is 0 Å². The molecule has 0 aliphatic rings. The monoisotopic (exact) mass is 453 g/mol. The number of benzene rings is 1. The third kappa shape index (κ3) is 4.60. The molecule has 3 nitrogen and oxygen atoms in total. The van der Waals surface area contributed by atoms with Crippen LogP contribution in [-0.4, -0.2) is 10.9 Å². The number of carbonyl (C=O) groups is 1. The minimum absolute atomic E-state index is 0. The van der Waals surface area contributed by atoms with Crippen molar-refractivity contribution in [2.24, 2.45) is 7.05 Å². The maximum absolute atomic E-state index is 13.0. The molecule has 2 rings (SSSR count). The number of hydrogen-bond donors (Lipinski definition) is 1. The molecular formula is C21H28INO2. The van der Waals surface area contributed by atoms with Gasteiger partial charge in [0.2, 0.25) is 0 Å². The minimum atomic E-state index is -0.251. The summed E-state index contributed by atoms with van der Waals surface area (Å²) in [6, 6.07) is 9.25. The Balaban J connectivity index is 0.00000312. The van der Waals surface area contributed by atoms with E-state index in [4.69, 9.17) is 0 Å². The fraction of sp³-hybridized carbons (Fsp3) is 0.429. The summed E-state index contributed by atoms with van der Waals surface area (Å²) in [6.07, 6.45) is 1.86. The van der Waals surface area contributed by atoms with E-state index in [1.54, 1.807) is 0 Å². The first-order valence-corrected chi connectivity index (χ1v) is 8.30. The lowest BCUT2D eigenvalue weighted by atomic mass is 9.78. The number of aryl methyl sites for hydroxylation is 1. The van der Waals surface area contributed by atoms with Gasteiger partial charge in [-0.3, -0.25) is 4.79 Å². The van der Waals surface area contributed by atoms with Crippen LogP contribution >= 0.6 is 0 Å². The molecule has 0 atom stereocenters. The zero-order valence-corrected chi connectivity index (χ0v) is 18.3. The SMILES string of the molecule is C[n+]1ccccc1C(=O)c1cc(C(C)(C)C)c(O)c(C(C)(C)C)c1.[I-]. The van der Waals surface area contributed by atoms with Crippen molar-refractivity contribution in [1.82, 2.24) is 0 Å². The fourth-order valence-electron chi connectivity index (χ4n) is 2.82. The number of hydrogen-bond acceptors (Lipinski definition) is 2. The van der Waals surface area contributed by atoms with Crippen molar-refractivity contribution < 1.29 is 38.4 Å². The van der Waals surface area contributed by atoms with Crippen LogP contribution in [0.15, 0.2) is 36.5 Å². The van der Waals surface area contributed by atoms with E-state index in [1.807, 2.05) is 89.7 Å². The van der Waals surface area contributed by atoms with Crippen LogP contribution in [0.1, 0.15) is 68.7 Å². The second kappa shape index (κ2) is 7.44. The molecule has 0 bridgehead atoms. The molecule has 25 heavy (non-hydrogen) atoms. The van der Waals surface area contributed by atoms with E-state index >= 15 is 0 Å². The summed E-state index contributed by atoms with van der Waals surface area (Å²) in [4.78, 5) is 13.0. The van der Waals surface area contributed by atoms with Gasteiger partial charge in [-0.1, -0.05) is 41.5 Å². The highest BCUT2D eigenvalue weighted by Crippen LogP contribution is 2.40. The Labute approximate surface area is 168 Å². The van der Waals surface area contributed by atoms with Crippen LogP contribution in [0.3, 0.4) is 0 Å². The van der Waals surface area contributed by atoms with Crippen LogP contribution in [0.5, 0.6) is 5.75 Å². The van der Waals surface area contributed by atoms with Crippen LogP contribution in [0, 0.1) is 0 Å². The molecule has 0 saturated carbocycles. The molecule has 0 radical (unpaired) electrons. The van der Waals surface area contributed by atoms with Gasteiger partial charge in [-0.05, 0) is 29.0 Å². The number of aromatic nitrogens is 1. The summed E-state index contributed by atoms with van der Waals surface area (Å²) >= 11 is 0. The van der Waals surface area contributed by atoms with Gasteiger partial charge in [0.15, 0.2) is 6.20 Å². The van der Waals surface area contributed by atoms with Crippen LogP contribution in [-0.2, 0) is 17.9 Å². The lowest BCUT2D eigenvalue weighted by Gasteiger charge is -2.27. The first-order chi connectivity index (χ1) is 10.9. The van der Waals surface area contributed by atoms with Crippen molar-refractivity contribution in [3.8, 4) is 5.75 Å². The van der Waals surface area contributed by atoms with Crippen molar-refractivity contribution in [1.29, 1.82) is 0 Å². The van der Waals surface area contributed by atoms with Gasteiger partial charge in [0.25, 0.3) is 11.5 Å². The number of rotatable bonds is 2. The minimum Gasteiger partial charge on any atom is -1.00 e. The van der Waals surface area contributed by atoms with Gasteiger partial charge >= 0.3 is 0 Å². The van der Waals surface area contributed by atoms with Crippen molar-refractivity contribution in [3.05, 3.63) is 58.9 Å². The van der Waals surface area contributed by atoms with Crippen LogP contribution in [0.25, 0.3) is 0 Å². The summed E-state index contributed by atoms with van der Waals surface area (Å²) in [5.41, 5.74) is 2.35. The Bertz CT molecular complexity index is 748. The van der Waals surface area contributed by atoms with Crippen LogP contribution < -0.4 is 28.5 Å². The molecule has 1 aromatic carbocycles. The van der Waals surface area contributed by atoms with E-state index in [9.17, 15) is 9.90 Å². The molecule has 1 heterocycles. The summed E-state index contributed by atoms with van der Waals surface area (Å²) in [7, 11) is 1.86. The maximum Gasteiger partial charge on any atom is 0.256 e. The normalized spacial score (nSPS) is 11.8. The smallest absolute Gasteiger partial charge is 0.256 e. The molecule has 0 amide bonds. The molecule has 136 valence electrons. The lowest BCUT2D eigenvalue weighted by molar-refractivity contribution is -0.673. The first kappa shape index (κ1) is 21.6. The van der Waals surface area contributed by atoms with Gasteiger partial charge in [0.05, 0.1) is 0 Å². The quantitative estimate of drug-likeness (QED) is 0.420. The van der Waals surface area contributed by atoms with Gasteiger partial charge in [0.1, 0.15) is 12.8 Å². The number of aromatic hydroxyl groups is 1. The lowest BCUT2D eigenvalue weighted by Crippen LogP contribution is -3.00. The Morgan fingerprint density at radius 1 is 0.960 bits per heavy atom. The van der Waals surface area contributed by atoms with Crippen LogP contribution in [0.2, 0.25) is 0 Å². The van der Waals surface area contributed by atoms with E-state index in [1.165, 1.54) is 0 Å². The molecule has 0 saturated heterocycles. The van der Waals surface area contributed by atoms with Gasteiger partial charge < -0.3 is 29.1 Å². The second-order valence-electron chi connectivity index (χ2n) is 8.45. The number of phenols is 1. The predicted molar refractivity (Wildman–Crippen MR) is 96.6 cm³/mol. The highest BCUT2D eigenvalue weighted by Gasteiger charge is 2.29. The molecule has 4 heteroatoms. The zero-order valence-electron chi connectivity index (χ0n) is 16.1. The average molecular weight is 453 g/mol. The summed E-state index contributed by atoms with van der Waals surface area (Å²) in [5.74, 6) is 0.262. The maximum atomic E-state index is 13.0. The molecule has 0 aliphatic heterocycles. The Morgan fingerprint density at radius 2 is 1.44 bits per heavy atom. The summed E-state index contributed by atoms with van der Waals surface area (Å²) in [5, 5.41) is 10.8. The zero-order chi connectivity index (χ0) is 18.3. The van der Waals surface area contributed by atoms with Crippen molar-refractivity contribution in [2.45, 2.75) is 52.4 Å². The number of carbonyl (C=O) groups excluding carboxylic acids is 1. The van der Waals surface area contributed by atoms with E-state index in [0.717, 1.165) is 11.1 Å². The third-order valence-electron chi connectivity index (χ3n) is 4.28. The molecule has 0 aliphatic carbocycles. The Morgan fingerprint density at radius 3 is 1.84 bits per heavy atom. The van der Waals surface area contributed by atoms with E-state index < -0.39 is 0 Å². The van der Waals surface area contributed by atoms with E-state index in [2.05, 4.69) is 0 Å². The van der Waals surface area contributed by atoms with Crippen LogP contribution in [0.4, 0.5) is 0 Å². The largest absolute Gasteiger partial charge is 1.00 e. The predicted octanol–water partition coefficient (Wildman–Crippen LogP) is 1.05. The number of ketones is 1. The average Bonchev–Trinajstić information content (AvgIpc) is 2.45. The molecule has 1 N–H and O–H groups in total. The number of phenolic OH excluding ortho intramolecular Hbond substituents is 1. The number of nitrogens with zero attached hydrogens (tertiary/aromatic N) is 1. The molecule has 0 unspecified atom stereocenters. The molecule has 0 spiro atoms. The second-order valence-corrected chi connectivity index (χ2v) is 8.45. The van der Waals surface area contributed by atoms with Crippen molar-refractivity contribution in [2.75, 3.05) is 0 Å². The highest BCUT2D eigenvalue weighted by molar-refractivity contribution is 6.07. The van der Waals surface area contributed by atoms with Gasteiger partial charge in [0, 0.05) is 28.8 Å². The molecule has 1 aromatic heterocycles. The summed E-state index contributed by atoms with van der Waals surface area (Å²) < 4.78 is 1.82. The van der Waals surface area contributed by atoms with E-state index in [0.29, 0.717) is 17.0 Å². The molecular weight excluding hydrogens is 425 g/mol. The standard InChI is InChI=1S/C21H27NO2.HI/c1-20(2,3)15-12-14(13-16(19(15)24)21(4,5)6)18(23)17-10-8-9-11-22(17)7;/h8-13H,1-7H3;1H. The van der Waals surface area contributed by atoms with Crippen molar-refractivity contribution in [3.63, 3.8) is 0 Å². The van der Waals surface area contributed by atoms with Gasteiger partial charge in [-0.2, -0.15) is 4.57 Å². The topological polar surface area (TPSA) is 41.2 Å². The van der Waals surface area contributed by atoms with Crippen molar-refractivity contribution >= 4 is 5.78 Å².